The minimum Gasteiger partial charge on any atom is -0.363 e. The zero-order chi connectivity index (χ0) is 18.3. The average Bonchev–Trinajstić information content (AvgIpc) is 3.27. The van der Waals surface area contributed by atoms with E-state index < -0.39 is 5.91 Å². The van der Waals surface area contributed by atoms with Gasteiger partial charge in [-0.3, -0.25) is 14.2 Å². The molecule has 0 saturated heterocycles. The van der Waals surface area contributed by atoms with Crippen LogP contribution in [0.4, 0.5) is 0 Å². The van der Waals surface area contributed by atoms with Crippen molar-refractivity contribution in [1.82, 2.24) is 29.5 Å². The number of aryl methyl sites for hydroxylation is 1. The number of benzene rings is 1. The molecule has 1 unspecified atom stereocenters. The van der Waals surface area contributed by atoms with Crippen LogP contribution in [0, 0.1) is 0 Å². The number of aromatic nitrogens is 6. The topological polar surface area (TPSA) is 105 Å². The van der Waals surface area contributed by atoms with Crippen LogP contribution in [0.2, 0.25) is 0 Å². The lowest BCUT2D eigenvalue weighted by Gasteiger charge is -2.17. The van der Waals surface area contributed by atoms with Gasteiger partial charge in [0.05, 0.1) is 17.1 Å². The second-order valence-electron chi connectivity index (χ2n) is 6.02. The molecule has 0 aliphatic carbocycles. The van der Waals surface area contributed by atoms with Crippen LogP contribution in [0.5, 0.6) is 0 Å². The monoisotopic (exact) mass is 347 g/mol. The maximum Gasteiger partial charge on any atom is 0.286 e. The van der Waals surface area contributed by atoms with E-state index in [0.29, 0.717) is 5.65 Å². The summed E-state index contributed by atoms with van der Waals surface area (Å²) < 4.78 is 3.65. The van der Waals surface area contributed by atoms with Gasteiger partial charge in [-0.2, -0.15) is 10.2 Å². The van der Waals surface area contributed by atoms with Gasteiger partial charge in [0.2, 0.25) is 5.82 Å². The highest BCUT2D eigenvalue weighted by molar-refractivity contribution is 5.95. The molecule has 1 atom stereocenters. The molecular formula is C18H17N7O. The molecule has 0 aliphatic rings. The molecule has 4 rings (SSSR count). The zero-order valence-corrected chi connectivity index (χ0v) is 14.4. The first-order valence-electron chi connectivity index (χ1n) is 8.14. The van der Waals surface area contributed by atoms with Gasteiger partial charge in [-0.1, -0.05) is 24.3 Å². The third kappa shape index (κ3) is 2.52. The molecule has 0 aliphatic heterocycles. The number of primary amides is 1. The molecule has 1 aromatic carbocycles. The summed E-state index contributed by atoms with van der Waals surface area (Å²) in [5, 5.41) is 9.54. The van der Waals surface area contributed by atoms with Crippen molar-refractivity contribution in [3.8, 4) is 11.3 Å². The van der Waals surface area contributed by atoms with Gasteiger partial charge >= 0.3 is 0 Å². The third-order valence-electron chi connectivity index (χ3n) is 4.40. The van der Waals surface area contributed by atoms with Gasteiger partial charge in [-0.15, -0.1) is 0 Å². The van der Waals surface area contributed by atoms with Gasteiger partial charge < -0.3 is 5.73 Å². The average molecular weight is 347 g/mol. The van der Waals surface area contributed by atoms with Gasteiger partial charge in [-0.05, 0) is 18.6 Å². The van der Waals surface area contributed by atoms with Crippen molar-refractivity contribution < 1.29 is 4.79 Å². The van der Waals surface area contributed by atoms with E-state index in [-0.39, 0.29) is 11.9 Å². The summed E-state index contributed by atoms with van der Waals surface area (Å²) in [5.74, 6) is -0.716. The summed E-state index contributed by atoms with van der Waals surface area (Å²) in [5.41, 5.74) is 8.70. The highest BCUT2D eigenvalue weighted by Gasteiger charge is 2.20. The molecule has 130 valence electrons. The molecule has 3 aromatic heterocycles. The molecule has 26 heavy (non-hydrogen) atoms. The van der Waals surface area contributed by atoms with Gasteiger partial charge in [0.25, 0.3) is 5.91 Å². The first-order valence-corrected chi connectivity index (χ1v) is 8.14. The second-order valence-corrected chi connectivity index (χ2v) is 6.02. The Morgan fingerprint density at radius 1 is 1.23 bits per heavy atom. The van der Waals surface area contributed by atoms with Crippen molar-refractivity contribution in [2.45, 2.75) is 13.0 Å². The van der Waals surface area contributed by atoms with Crippen molar-refractivity contribution in [2.24, 2.45) is 12.8 Å². The summed E-state index contributed by atoms with van der Waals surface area (Å²) in [6.45, 7) is 2.09. The number of hydrogen-bond acceptors (Lipinski definition) is 5. The van der Waals surface area contributed by atoms with Crippen LogP contribution >= 0.6 is 0 Å². The van der Waals surface area contributed by atoms with E-state index in [0.717, 1.165) is 22.2 Å². The number of rotatable bonds is 4. The fourth-order valence-corrected chi connectivity index (χ4v) is 3.15. The first kappa shape index (κ1) is 15.9. The predicted molar refractivity (Wildman–Crippen MR) is 96.3 cm³/mol. The molecule has 0 fully saturated rings. The number of carbonyl (C=O) groups excluding carboxylic acids is 1. The van der Waals surface area contributed by atoms with E-state index in [9.17, 15) is 4.79 Å². The van der Waals surface area contributed by atoms with Crippen LogP contribution < -0.4 is 5.73 Å². The van der Waals surface area contributed by atoms with Gasteiger partial charge in [0.15, 0.2) is 5.65 Å². The highest BCUT2D eigenvalue weighted by Crippen LogP contribution is 2.33. The summed E-state index contributed by atoms with van der Waals surface area (Å²) in [7, 11) is 1.84. The van der Waals surface area contributed by atoms with E-state index in [1.54, 1.807) is 17.1 Å². The van der Waals surface area contributed by atoms with E-state index in [1.165, 1.54) is 0 Å². The molecule has 8 heteroatoms. The standard InChI is InChI=1S/C18H17N7O/c1-11(25-9-5-8-21-25)12-6-3-4-7-13(12)15-14-10-20-18(16(19)26)22-17(14)23-24(15)2/h3-11H,1-2H3,(H2,19,26). The van der Waals surface area contributed by atoms with E-state index in [2.05, 4.69) is 33.2 Å². The zero-order valence-electron chi connectivity index (χ0n) is 14.4. The number of carbonyl (C=O) groups is 1. The van der Waals surface area contributed by atoms with Crippen LogP contribution in [0.1, 0.15) is 29.1 Å². The number of nitrogens with two attached hydrogens (primary N) is 1. The molecule has 0 radical (unpaired) electrons. The second kappa shape index (κ2) is 6.07. The fraction of sp³-hybridized carbons (Fsp3) is 0.167. The lowest BCUT2D eigenvalue weighted by Crippen LogP contribution is -2.14. The van der Waals surface area contributed by atoms with Crippen molar-refractivity contribution in [3.63, 3.8) is 0 Å². The van der Waals surface area contributed by atoms with E-state index >= 15 is 0 Å². The number of fused-ring (bicyclic) bond motifs is 1. The van der Waals surface area contributed by atoms with Crippen molar-refractivity contribution in [2.75, 3.05) is 0 Å². The fourth-order valence-electron chi connectivity index (χ4n) is 3.15. The smallest absolute Gasteiger partial charge is 0.286 e. The molecule has 0 spiro atoms. The van der Waals surface area contributed by atoms with Crippen LogP contribution in [0.25, 0.3) is 22.3 Å². The molecule has 4 aromatic rings. The van der Waals surface area contributed by atoms with E-state index in [1.807, 2.05) is 42.2 Å². The van der Waals surface area contributed by atoms with Gasteiger partial charge in [-0.25, -0.2) is 9.97 Å². The summed E-state index contributed by atoms with van der Waals surface area (Å²) in [4.78, 5) is 19.6. The quantitative estimate of drug-likeness (QED) is 0.607. The van der Waals surface area contributed by atoms with Crippen molar-refractivity contribution in [1.29, 1.82) is 0 Å². The third-order valence-corrected chi connectivity index (χ3v) is 4.40. The molecule has 2 N–H and O–H groups in total. The van der Waals surface area contributed by atoms with Crippen LogP contribution in [0.15, 0.2) is 48.9 Å². The largest absolute Gasteiger partial charge is 0.363 e. The van der Waals surface area contributed by atoms with Crippen LogP contribution in [-0.2, 0) is 7.05 Å². The molecule has 0 bridgehead atoms. The van der Waals surface area contributed by atoms with Gasteiger partial charge in [0, 0.05) is 31.2 Å². The SMILES string of the molecule is CC(c1ccccc1-c1c2cnc(C(N)=O)nc2nn1C)n1cccn1. The maximum absolute atomic E-state index is 11.3. The molecule has 1 amide bonds. The van der Waals surface area contributed by atoms with E-state index in [4.69, 9.17) is 5.73 Å². The van der Waals surface area contributed by atoms with Gasteiger partial charge in [0.1, 0.15) is 0 Å². The first-order chi connectivity index (χ1) is 12.6. The summed E-state index contributed by atoms with van der Waals surface area (Å²) in [6, 6.07) is 10.0. The molecule has 0 saturated carbocycles. The Balaban J connectivity index is 1.91. The number of amides is 1. The number of hydrogen-bond donors (Lipinski definition) is 1. The molecule has 8 nitrogen and oxygen atoms in total. The molecule has 3 heterocycles. The van der Waals surface area contributed by atoms with Crippen molar-refractivity contribution >= 4 is 16.9 Å². The Kier molecular flexibility index (Phi) is 3.72. The van der Waals surface area contributed by atoms with Crippen LogP contribution in [0.3, 0.4) is 0 Å². The Morgan fingerprint density at radius 2 is 2.04 bits per heavy atom. The Morgan fingerprint density at radius 3 is 2.77 bits per heavy atom. The molecular weight excluding hydrogens is 330 g/mol. The Bertz CT molecular complexity index is 1100. The highest BCUT2D eigenvalue weighted by atomic mass is 16.1. The maximum atomic E-state index is 11.3. The lowest BCUT2D eigenvalue weighted by molar-refractivity contribution is 0.0990. The minimum atomic E-state index is -0.674. The van der Waals surface area contributed by atoms with Crippen LogP contribution in [-0.4, -0.2) is 35.4 Å². The Labute approximate surface area is 149 Å². The number of nitrogens with zero attached hydrogens (tertiary/aromatic N) is 6. The predicted octanol–water partition coefficient (Wildman–Crippen LogP) is 1.94. The summed E-state index contributed by atoms with van der Waals surface area (Å²) in [6.07, 6.45) is 5.29. The lowest BCUT2D eigenvalue weighted by atomic mass is 9.98. The summed E-state index contributed by atoms with van der Waals surface area (Å²) >= 11 is 0. The minimum absolute atomic E-state index is 0.0389. The van der Waals surface area contributed by atoms with Crippen molar-refractivity contribution in [3.05, 3.63) is 60.3 Å². The Hall–Kier alpha value is -3.55. The normalized spacial score (nSPS) is 12.4.